The third-order valence-corrected chi connectivity index (χ3v) is 8.33. The second-order valence-corrected chi connectivity index (χ2v) is 12.2. The summed E-state index contributed by atoms with van der Waals surface area (Å²) in [5, 5.41) is 20.6. The monoisotopic (exact) mass is 585 g/mol. The molecule has 6 rings (SSSR count). The number of nitrogens with one attached hydrogen (secondary N) is 2. The highest BCUT2D eigenvalue weighted by atomic mass is 32.1. The predicted octanol–water partition coefficient (Wildman–Crippen LogP) is 5.46. The van der Waals surface area contributed by atoms with E-state index in [1.807, 2.05) is 36.4 Å². The first-order valence-corrected chi connectivity index (χ1v) is 14.5. The number of rotatable bonds is 6. The number of benzene rings is 2. The van der Waals surface area contributed by atoms with Crippen LogP contribution >= 0.6 is 11.3 Å². The van der Waals surface area contributed by atoms with E-state index in [4.69, 9.17) is 14.7 Å². The Bertz CT molecular complexity index is 1790. The summed E-state index contributed by atoms with van der Waals surface area (Å²) in [6, 6.07) is 15.5. The van der Waals surface area contributed by atoms with Crippen LogP contribution in [0.5, 0.6) is 0 Å². The van der Waals surface area contributed by atoms with Gasteiger partial charge in [0.25, 0.3) is 0 Å². The van der Waals surface area contributed by atoms with Crippen molar-refractivity contribution in [2.24, 2.45) is 0 Å². The van der Waals surface area contributed by atoms with Gasteiger partial charge in [0, 0.05) is 40.1 Å². The number of hydrogen-bond acceptors (Lipinski definition) is 8. The first kappa shape index (κ1) is 27.6. The van der Waals surface area contributed by atoms with E-state index in [1.165, 1.54) is 0 Å². The molecule has 2 amide bonds. The standard InChI is InChI=1S/C30H31N7O4S/c1-30(2,3)37(29(39)40)17-25(38)32-19-7-4-6-18(14-19)24-15-23-26(42-24)28(36-10-12-41-13-11-36)34-27(33-23)20-8-5-9-22-21(20)16-31-35-22/h4-9,14-16H,10-13,17H2,1-3H3,(H,31,35)(H,32,38)(H,39,40). The average molecular weight is 586 g/mol. The number of thiophene rings is 1. The number of morpholine rings is 1. The Balaban J connectivity index is 1.36. The highest BCUT2D eigenvalue weighted by Crippen LogP contribution is 2.40. The predicted molar refractivity (Wildman–Crippen MR) is 164 cm³/mol. The third-order valence-electron chi connectivity index (χ3n) is 7.16. The van der Waals surface area contributed by atoms with Crippen molar-refractivity contribution in [2.45, 2.75) is 26.3 Å². The third kappa shape index (κ3) is 5.50. The molecular weight excluding hydrogens is 554 g/mol. The number of hydrogen-bond donors (Lipinski definition) is 3. The van der Waals surface area contributed by atoms with Gasteiger partial charge in [0.15, 0.2) is 11.6 Å². The molecule has 0 radical (unpaired) electrons. The van der Waals surface area contributed by atoms with Gasteiger partial charge in [-0.2, -0.15) is 5.10 Å². The van der Waals surface area contributed by atoms with Crippen LogP contribution in [-0.2, 0) is 9.53 Å². The van der Waals surface area contributed by atoms with Crippen LogP contribution in [-0.4, -0.2) is 80.6 Å². The maximum absolute atomic E-state index is 12.8. The summed E-state index contributed by atoms with van der Waals surface area (Å²) in [5.41, 5.74) is 3.44. The quantitative estimate of drug-likeness (QED) is 0.239. The lowest BCUT2D eigenvalue weighted by Gasteiger charge is -2.32. The van der Waals surface area contributed by atoms with E-state index in [0.717, 1.165) is 60.9 Å². The van der Waals surface area contributed by atoms with E-state index in [0.29, 0.717) is 24.7 Å². The number of carbonyl (C=O) groups is 2. The van der Waals surface area contributed by atoms with Crippen LogP contribution in [0.2, 0.25) is 0 Å². The van der Waals surface area contributed by atoms with E-state index in [1.54, 1.807) is 44.4 Å². The second-order valence-electron chi connectivity index (χ2n) is 11.1. The Labute approximate surface area is 246 Å². The molecule has 1 fully saturated rings. The summed E-state index contributed by atoms with van der Waals surface area (Å²) in [6.07, 6.45) is 0.653. The summed E-state index contributed by atoms with van der Waals surface area (Å²) in [7, 11) is 0. The normalized spacial score (nSPS) is 13.9. The highest BCUT2D eigenvalue weighted by molar-refractivity contribution is 7.22. The topological polar surface area (TPSA) is 137 Å². The van der Waals surface area contributed by atoms with Gasteiger partial charge < -0.3 is 20.1 Å². The largest absolute Gasteiger partial charge is 0.465 e. The molecule has 4 heterocycles. The van der Waals surface area contributed by atoms with Crippen LogP contribution < -0.4 is 10.2 Å². The number of carboxylic acid groups (broad SMARTS) is 1. The van der Waals surface area contributed by atoms with Crippen molar-refractivity contribution in [2.75, 3.05) is 43.1 Å². The summed E-state index contributed by atoms with van der Waals surface area (Å²) in [4.78, 5) is 38.9. The highest BCUT2D eigenvalue weighted by Gasteiger charge is 2.28. The molecule has 1 aliphatic heterocycles. The van der Waals surface area contributed by atoms with E-state index >= 15 is 0 Å². The van der Waals surface area contributed by atoms with E-state index in [-0.39, 0.29) is 6.54 Å². The fourth-order valence-corrected chi connectivity index (χ4v) is 6.13. The number of H-pyrrole nitrogens is 1. The minimum Gasteiger partial charge on any atom is -0.465 e. The minimum absolute atomic E-state index is 0.267. The van der Waals surface area contributed by atoms with Crippen molar-refractivity contribution in [1.82, 2.24) is 25.1 Å². The van der Waals surface area contributed by atoms with Gasteiger partial charge >= 0.3 is 6.09 Å². The average Bonchev–Trinajstić information content (AvgIpc) is 3.63. The number of amides is 2. The van der Waals surface area contributed by atoms with Gasteiger partial charge in [-0.05, 0) is 50.6 Å². The van der Waals surface area contributed by atoms with Crippen LogP contribution in [0.15, 0.2) is 54.7 Å². The number of carbonyl (C=O) groups excluding carboxylic acids is 1. The van der Waals surface area contributed by atoms with Gasteiger partial charge in [-0.1, -0.05) is 24.3 Å². The van der Waals surface area contributed by atoms with Crippen molar-refractivity contribution >= 4 is 56.0 Å². The number of aromatic amines is 1. The second kappa shape index (κ2) is 11.0. The number of fused-ring (bicyclic) bond motifs is 2. The molecule has 5 aromatic rings. The lowest BCUT2D eigenvalue weighted by Crippen LogP contribution is -2.48. The van der Waals surface area contributed by atoms with Crippen LogP contribution in [0.4, 0.5) is 16.3 Å². The zero-order valence-electron chi connectivity index (χ0n) is 23.5. The molecule has 0 atom stereocenters. The van der Waals surface area contributed by atoms with Crippen LogP contribution in [0.1, 0.15) is 20.8 Å². The Kier molecular flexibility index (Phi) is 7.25. The van der Waals surface area contributed by atoms with Crippen molar-refractivity contribution in [3.63, 3.8) is 0 Å². The van der Waals surface area contributed by atoms with Gasteiger partial charge in [0.2, 0.25) is 5.91 Å². The Morgan fingerprint density at radius 3 is 2.67 bits per heavy atom. The SMILES string of the molecule is CC(C)(C)N(CC(=O)Nc1cccc(-c2cc3nc(-c4cccc5[nH]ncc45)nc(N4CCOCC4)c3s2)c1)C(=O)O. The van der Waals surface area contributed by atoms with Crippen molar-refractivity contribution in [3.05, 3.63) is 54.7 Å². The summed E-state index contributed by atoms with van der Waals surface area (Å²) in [6.45, 7) is 7.73. The zero-order valence-corrected chi connectivity index (χ0v) is 24.4. The van der Waals surface area contributed by atoms with Crippen molar-refractivity contribution < 1.29 is 19.4 Å². The number of ether oxygens (including phenoxy) is 1. The molecule has 1 aliphatic rings. The molecule has 0 unspecified atom stereocenters. The van der Waals surface area contributed by atoms with Gasteiger partial charge in [0.05, 0.1) is 35.1 Å². The molecule has 3 aromatic heterocycles. The van der Waals surface area contributed by atoms with E-state index in [2.05, 4.69) is 26.5 Å². The zero-order chi connectivity index (χ0) is 29.4. The summed E-state index contributed by atoms with van der Waals surface area (Å²) >= 11 is 1.60. The lowest BCUT2D eigenvalue weighted by atomic mass is 10.1. The first-order valence-electron chi connectivity index (χ1n) is 13.6. The molecule has 216 valence electrons. The molecule has 0 aliphatic carbocycles. The molecule has 12 heteroatoms. The van der Waals surface area contributed by atoms with Crippen LogP contribution in [0.3, 0.4) is 0 Å². The minimum atomic E-state index is -1.14. The van der Waals surface area contributed by atoms with Crippen molar-refractivity contribution in [3.8, 4) is 21.8 Å². The summed E-state index contributed by atoms with van der Waals surface area (Å²) < 4.78 is 6.58. The Morgan fingerprint density at radius 2 is 1.90 bits per heavy atom. The number of aromatic nitrogens is 4. The molecular formula is C30H31N7O4S. The molecule has 1 saturated heterocycles. The maximum atomic E-state index is 12.8. The molecule has 3 N–H and O–H groups in total. The number of anilines is 2. The molecule has 42 heavy (non-hydrogen) atoms. The Hall–Kier alpha value is -4.55. The molecule has 0 saturated carbocycles. The summed E-state index contributed by atoms with van der Waals surface area (Å²) in [5.74, 6) is 1.10. The van der Waals surface area contributed by atoms with Crippen LogP contribution in [0.25, 0.3) is 42.9 Å². The van der Waals surface area contributed by atoms with Gasteiger partial charge in [0.1, 0.15) is 6.54 Å². The Morgan fingerprint density at radius 1 is 1.12 bits per heavy atom. The lowest BCUT2D eigenvalue weighted by molar-refractivity contribution is -0.118. The molecule has 0 bridgehead atoms. The maximum Gasteiger partial charge on any atom is 0.408 e. The molecule has 0 spiro atoms. The van der Waals surface area contributed by atoms with Gasteiger partial charge in [-0.25, -0.2) is 14.8 Å². The van der Waals surface area contributed by atoms with Crippen LogP contribution in [0, 0.1) is 0 Å². The van der Waals surface area contributed by atoms with Gasteiger partial charge in [-0.3, -0.25) is 14.8 Å². The fraction of sp³-hybridized carbons (Fsp3) is 0.300. The number of nitrogens with zero attached hydrogens (tertiary/aromatic N) is 5. The molecule has 11 nitrogen and oxygen atoms in total. The van der Waals surface area contributed by atoms with Crippen molar-refractivity contribution in [1.29, 1.82) is 0 Å². The van der Waals surface area contributed by atoms with E-state index in [9.17, 15) is 14.7 Å². The molecule has 2 aromatic carbocycles. The fourth-order valence-electron chi connectivity index (χ4n) is 5.02. The van der Waals surface area contributed by atoms with E-state index < -0.39 is 17.5 Å². The smallest absolute Gasteiger partial charge is 0.408 e. The first-order chi connectivity index (χ1) is 20.2. The van der Waals surface area contributed by atoms with Gasteiger partial charge in [-0.15, -0.1) is 11.3 Å².